The second kappa shape index (κ2) is 5.19. The van der Waals surface area contributed by atoms with Gasteiger partial charge in [0, 0.05) is 12.6 Å². The number of halogens is 2. The van der Waals surface area contributed by atoms with Crippen molar-refractivity contribution in [3.05, 3.63) is 35.4 Å². The standard InChI is InChI=1S/C11H15F2NO/c1-14(2)11(5-6-15)8-3-4-9(12)10(13)7-8/h3-4,7,11,15H,5-6H2,1-2H3. The molecule has 1 rings (SSSR count). The van der Waals surface area contributed by atoms with Crippen LogP contribution >= 0.6 is 0 Å². The molecule has 0 aliphatic rings. The van der Waals surface area contributed by atoms with E-state index < -0.39 is 11.6 Å². The highest BCUT2D eigenvalue weighted by atomic mass is 19.2. The van der Waals surface area contributed by atoms with Crippen molar-refractivity contribution in [2.45, 2.75) is 12.5 Å². The normalized spacial score (nSPS) is 13.2. The number of hydrogen-bond acceptors (Lipinski definition) is 2. The van der Waals surface area contributed by atoms with Crippen LogP contribution in [0.1, 0.15) is 18.0 Å². The van der Waals surface area contributed by atoms with Gasteiger partial charge in [-0.15, -0.1) is 0 Å². The minimum atomic E-state index is -0.850. The lowest BCUT2D eigenvalue weighted by molar-refractivity contribution is 0.210. The van der Waals surface area contributed by atoms with E-state index in [1.165, 1.54) is 6.07 Å². The third-order valence-electron chi connectivity index (χ3n) is 2.35. The van der Waals surface area contributed by atoms with E-state index in [1.54, 1.807) is 6.07 Å². The molecule has 0 heterocycles. The summed E-state index contributed by atoms with van der Waals surface area (Å²) in [6, 6.07) is 3.73. The lowest BCUT2D eigenvalue weighted by atomic mass is 10.0. The predicted molar refractivity (Wildman–Crippen MR) is 54.5 cm³/mol. The van der Waals surface area contributed by atoms with Crippen LogP contribution in [0.2, 0.25) is 0 Å². The molecule has 84 valence electrons. The number of aliphatic hydroxyl groups excluding tert-OH is 1. The van der Waals surface area contributed by atoms with Gasteiger partial charge in [0.2, 0.25) is 0 Å². The van der Waals surface area contributed by atoms with Gasteiger partial charge in [-0.25, -0.2) is 8.78 Å². The van der Waals surface area contributed by atoms with E-state index in [-0.39, 0.29) is 12.6 Å². The van der Waals surface area contributed by atoms with Crippen molar-refractivity contribution >= 4 is 0 Å². The largest absolute Gasteiger partial charge is 0.396 e. The summed E-state index contributed by atoms with van der Waals surface area (Å²) < 4.78 is 25.7. The fraction of sp³-hybridized carbons (Fsp3) is 0.455. The first kappa shape index (κ1) is 12.1. The third-order valence-corrected chi connectivity index (χ3v) is 2.35. The van der Waals surface area contributed by atoms with E-state index in [4.69, 9.17) is 5.11 Å². The number of nitrogens with zero attached hydrogens (tertiary/aromatic N) is 1. The molecule has 2 nitrogen and oxygen atoms in total. The molecule has 1 unspecified atom stereocenters. The zero-order valence-electron chi connectivity index (χ0n) is 8.87. The van der Waals surface area contributed by atoms with Gasteiger partial charge >= 0.3 is 0 Å². The van der Waals surface area contributed by atoms with Gasteiger partial charge in [0.1, 0.15) is 0 Å². The van der Waals surface area contributed by atoms with Gasteiger partial charge in [-0.1, -0.05) is 6.07 Å². The van der Waals surface area contributed by atoms with Crippen LogP contribution in [-0.2, 0) is 0 Å². The fourth-order valence-corrected chi connectivity index (χ4v) is 1.56. The average Bonchev–Trinajstić information content (AvgIpc) is 2.18. The second-order valence-electron chi connectivity index (χ2n) is 3.67. The molecule has 0 aliphatic carbocycles. The molecule has 0 saturated heterocycles. The molecule has 1 aromatic carbocycles. The summed E-state index contributed by atoms with van der Waals surface area (Å²) in [5, 5.41) is 8.88. The summed E-state index contributed by atoms with van der Waals surface area (Å²) in [7, 11) is 3.67. The minimum Gasteiger partial charge on any atom is -0.396 e. The maximum atomic E-state index is 13.0. The van der Waals surface area contributed by atoms with Crippen molar-refractivity contribution < 1.29 is 13.9 Å². The maximum absolute atomic E-state index is 13.0. The molecule has 0 saturated carbocycles. The van der Waals surface area contributed by atoms with Crippen molar-refractivity contribution in [3.8, 4) is 0 Å². The summed E-state index contributed by atoms with van der Waals surface area (Å²) >= 11 is 0. The highest BCUT2D eigenvalue weighted by Gasteiger charge is 2.15. The van der Waals surface area contributed by atoms with Gasteiger partial charge in [0.05, 0.1) is 0 Å². The molecule has 0 fully saturated rings. The Balaban J connectivity index is 2.95. The quantitative estimate of drug-likeness (QED) is 0.829. The van der Waals surface area contributed by atoms with E-state index in [0.717, 1.165) is 6.07 Å². The Labute approximate surface area is 88.1 Å². The zero-order valence-corrected chi connectivity index (χ0v) is 8.87. The van der Waals surface area contributed by atoms with Gasteiger partial charge in [-0.2, -0.15) is 0 Å². The molecule has 0 radical (unpaired) electrons. The Bertz CT molecular complexity index is 328. The highest BCUT2D eigenvalue weighted by Crippen LogP contribution is 2.23. The summed E-state index contributed by atoms with van der Waals surface area (Å²) in [5.74, 6) is -1.70. The van der Waals surface area contributed by atoms with Gasteiger partial charge < -0.3 is 10.0 Å². The van der Waals surface area contributed by atoms with Crippen LogP contribution in [0.4, 0.5) is 8.78 Å². The second-order valence-corrected chi connectivity index (χ2v) is 3.67. The van der Waals surface area contributed by atoms with Crippen molar-refractivity contribution in [2.75, 3.05) is 20.7 Å². The SMILES string of the molecule is CN(C)C(CCO)c1ccc(F)c(F)c1. The Morgan fingerprint density at radius 1 is 1.27 bits per heavy atom. The zero-order chi connectivity index (χ0) is 11.4. The Morgan fingerprint density at radius 2 is 1.93 bits per heavy atom. The predicted octanol–water partition coefficient (Wildman–Crippen LogP) is 1.95. The summed E-state index contributed by atoms with van der Waals surface area (Å²) in [5.41, 5.74) is 0.674. The van der Waals surface area contributed by atoms with E-state index in [2.05, 4.69) is 0 Å². The first-order valence-electron chi connectivity index (χ1n) is 4.78. The molecule has 1 aromatic rings. The van der Waals surface area contributed by atoms with Crippen LogP contribution < -0.4 is 0 Å². The smallest absolute Gasteiger partial charge is 0.159 e. The van der Waals surface area contributed by atoms with Gasteiger partial charge in [-0.05, 0) is 38.2 Å². The monoisotopic (exact) mass is 215 g/mol. The van der Waals surface area contributed by atoms with E-state index in [0.29, 0.717) is 12.0 Å². The van der Waals surface area contributed by atoms with Crippen LogP contribution in [0.15, 0.2) is 18.2 Å². The molecule has 0 bridgehead atoms. The topological polar surface area (TPSA) is 23.5 Å². The van der Waals surface area contributed by atoms with Crippen LogP contribution in [0, 0.1) is 11.6 Å². The summed E-state index contributed by atoms with van der Waals surface area (Å²) in [6.07, 6.45) is 0.498. The molecular weight excluding hydrogens is 200 g/mol. The van der Waals surface area contributed by atoms with Gasteiger partial charge in [0.15, 0.2) is 11.6 Å². The van der Waals surface area contributed by atoms with Crippen LogP contribution in [0.3, 0.4) is 0 Å². The Morgan fingerprint density at radius 3 is 2.40 bits per heavy atom. The first-order chi connectivity index (χ1) is 7.06. The van der Waals surface area contributed by atoms with Crippen molar-refractivity contribution in [2.24, 2.45) is 0 Å². The maximum Gasteiger partial charge on any atom is 0.159 e. The molecule has 1 N–H and O–H groups in total. The van der Waals surface area contributed by atoms with Crippen molar-refractivity contribution in [1.29, 1.82) is 0 Å². The number of rotatable bonds is 4. The Kier molecular flexibility index (Phi) is 4.17. The molecule has 0 aromatic heterocycles. The Hall–Kier alpha value is -1.00. The minimum absolute atomic E-state index is 0.0157. The van der Waals surface area contributed by atoms with Gasteiger partial charge in [-0.3, -0.25) is 0 Å². The number of aliphatic hydroxyl groups is 1. The molecule has 0 aliphatic heterocycles. The van der Waals surface area contributed by atoms with Crippen LogP contribution in [-0.4, -0.2) is 30.7 Å². The average molecular weight is 215 g/mol. The lowest BCUT2D eigenvalue weighted by Crippen LogP contribution is -2.21. The van der Waals surface area contributed by atoms with Crippen molar-refractivity contribution in [1.82, 2.24) is 4.90 Å². The van der Waals surface area contributed by atoms with Crippen molar-refractivity contribution in [3.63, 3.8) is 0 Å². The molecule has 4 heteroatoms. The fourth-order valence-electron chi connectivity index (χ4n) is 1.56. The highest BCUT2D eigenvalue weighted by molar-refractivity contribution is 5.21. The van der Waals surface area contributed by atoms with E-state index in [9.17, 15) is 8.78 Å². The van der Waals surface area contributed by atoms with Crippen LogP contribution in [0.25, 0.3) is 0 Å². The number of benzene rings is 1. The third kappa shape index (κ3) is 2.97. The van der Waals surface area contributed by atoms with Gasteiger partial charge in [0.25, 0.3) is 0 Å². The first-order valence-corrected chi connectivity index (χ1v) is 4.78. The molecule has 15 heavy (non-hydrogen) atoms. The molecular formula is C11H15F2NO. The van der Waals surface area contributed by atoms with Crippen LogP contribution in [0.5, 0.6) is 0 Å². The summed E-state index contributed by atoms with van der Waals surface area (Å²) in [4.78, 5) is 1.86. The van der Waals surface area contributed by atoms with E-state index in [1.807, 2.05) is 19.0 Å². The molecule has 1 atom stereocenters. The number of hydrogen-bond donors (Lipinski definition) is 1. The van der Waals surface area contributed by atoms with E-state index >= 15 is 0 Å². The lowest BCUT2D eigenvalue weighted by Gasteiger charge is -2.24. The summed E-state index contributed by atoms with van der Waals surface area (Å²) in [6.45, 7) is 0.0157. The molecule has 0 spiro atoms. The molecule has 0 amide bonds.